The van der Waals surface area contributed by atoms with Gasteiger partial charge in [0, 0.05) is 24.3 Å². The van der Waals surface area contributed by atoms with Crippen LogP contribution in [0.15, 0.2) is 48.5 Å². The van der Waals surface area contributed by atoms with E-state index in [0.717, 1.165) is 62.6 Å². The topological polar surface area (TPSA) is 43.4 Å². The molecule has 0 atom stereocenters. The molecule has 0 unspecified atom stereocenters. The highest BCUT2D eigenvalue weighted by molar-refractivity contribution is 5.75. The van der Waals surface area contributed by atoms with Crippen molar-refractivity contribution in [3.63, 3.8) is 0 Å². The minimum atomic E-state index is 0.722. The van der Waals surface area contributed by atoms with Gasteiger partial charge in [0.25, 0.3) is 0 Å². The summed E-state index contributed by atoms with van der Waals surface area (Å²) < 4.78 is 5.65. The normalized spacial score (nSPS) is 10.4. The number of rotatable bonds is 10. The summed E-state index contributed by atoms with van der Waals surface area (Å²) in [6, 6.07) is 15.4. The number of benzene rings is 2. The van der Waals surface area contributed by atoms with Crippen molar-refractivity contribution in [1.29, 1.82) is 0 Å². The first-order valence-electron chi connectivity index (χ1n) is 7.98. The van der Waals surface area contributed by atoms with E-state index >= 15 is 0 Å². The SMILES string of the molecule is O=Cc1cccc(CCCOCCCc2cccc(C=O)c2)c1. The number of hydrogen-bond acceptors (Lipinski definition) is 3. The van der Waals surface area contributed by atoms with E-state index in [1.54, 1.807) is 0 Å². The number of carbonyl (C=O) groups is 2. The molecule has 0 bridgehead atoms. The highest BCUT2D eigenvalue weighted by Crippen LogP contribution is 2.08. The first-order valence-corrected chi connectivity index (χ1v) is 7.98. The van der Waals surface area contributed by atoms with Gasteiger partial charge < -0.3 is 4.74 Å². The van der Waals surface area contributed by atoms with Crippen molar-refractivity contribution in [2.75, 3.05) is 13.2 Å². The van der Waals surface area contributed by atoms with Gasteiger partial charge >= 0.3 is 0 Å². The largest absolute Gasteiger partial charge is 0.381 e. The average molecular weight is 310 g/mol. The molecule has 0 heterocycles. The molecular formula is C20H22O3. The highest BCUT2D eigenvalue weighted by Gasteiger charge is 1.98. The molecule has 0 aromatic heterocycles. The molecule has 2 aromatic carbocycles. The van der Waals surface area contributed by atoms with Gasteiger partial charge in [-0.3, -0.25) is 9.59 Å². The maximum absolute atomic E-state index is 10.7. The lowest BCUT2D eigenvalue weighted by Crippen LogP contribution is -2.00. The van der Waals surface area contributed by atoms with Crippen LogP contribution in [-0.4, -0.2) is 25.8 Å². The van der Waals surface area contributed by atoms with Crippen molar-refractivity contribution in [2.45, 2.75) is 25.7 Å². The second-order valence-corrected chi connectivity index (χ2v) is 5.55. The number of aryl methyl sites for hydroxylation is 2. The Morgan fingerprint density at radius 3 is 1.65 bits per heavy atom. The van der Waals surface area contributed by atoms with Gasteiger partial charge in [0.2, 0.25) is 0 Å². The van der Waals surface area contributed by atoms with Crippen molar-refractivity contribution in [1.82, 2.24) is 0 Å². The van der Waals surface area contributed by atoms with Gasteiger partial charge in [-0.2, -0.15) is 0 Å². The molecule has 23 heavy (non-hydrogen) atoms. The molecular weight excluding hydrogens is 288 g/mol. The van der Waals surface area contributed by atoms with Crippen LogP contribution in [0.4, 0.5) is 0 Å². The fraction of sp³-hybridized carbons (Fsp3) is 0.300. The van der Waals surface area contributed by atoms with Crippen molar-refractivity contribution in [3.05, 3.63) is 70.8 Å². The molecule has 0 aliphatic carbocycles. The van der Waals surface area contributed by atoms with Crippen LogP contribution in [-0.2, 0) is 17.6 Å². The van der Waals surface area contributed by atoms with Crippen LogP contribution in [0.3, 0.4) is 0 Å². The zero-order valence-electron chi connectivity index (χ0n) is 13.2. The van der Waals surface area contributed by atoms with Crippen LogP contribution in [0.2, 0.25) is 0 Å². The molecule has 0 aliphatic heterocycles. The summed E-state index contributed by atoms with van der Waals surface area (Å²) in [5.41, 5.74) is 3.79. The van der Waals surface area contributed by atoms with Crippen LogP contribution in [0, 0.1) is 0 Å². The summed E-state index contributed by atoms with van der Waals surface area (Å²) in [5.74, 6) is 0. The summed E-state index contributed by atoms with van der Waals surface area (Å²) in [7, 11) is 0. The Balaban J connectivity index is 1.58. The lowest BCUT2D eigenvalue weighted by Gasteiger charge is -2.06. The Morgan fingerprint density at radius 1 is 0.739 bits per heavy atom. The summed E-state index contributed by atoms with van der Waals surface area (Å²) >= 11 is 0. The second-order valence-electron chi connectivity index (χ2n) is 5.55. The third-order valence-corrected chi connectivity index (χ3v) is 3.68. The Hall–Kier alpha value is -2.26. The molecule has 0 saturated heterocycles. The van der Waals surface area contributed by atoms with Crippen molar-refractivity contribution >= 4 is 12.6 Å². The maximum atomic E-state index is 10.7. The minimum absolute atomic E-state index is 0.722. The van der Waals surface area contributed by atoms with Crippen LogP contribution in [0.1, 0.15) is 44.7 Å². The monoisotopic (exact) mass is 310 g/mol. The molecule has 3 heteroatoms. The molecule has 0 saturated carbocycles. The first kappa shape index (κ1) is 17.1. The Morgan fingerprint density at radius 2 is 1.22 bits per heavy atom. The minimum Gasteiger partial charge on any atom is -0.381 e. The Labute approximate surface area is 137 Å². The summed E-state index contributed by atoms with van der Waals surface area (Å²) in [5, 5.41) is 0. The van der Waals surface area contributed by atoms with E-state index in [1.807, 2.05) is 48.5 Å². The number of ether oxygens (including phenoxy) is 1. The maximum Gasteiger partial charge on any atom is 0.150 e. The van der Waals surface area contributed by atoms with Gasteiger partial charge in [0.15, 0.2) is 0 Å². The summed E-state index contributed by atoms with van der Waals surface area (Å²) in [6.45, 7) is 1.44. The van der Waals surface area contributed by atoms with Gasteiger partial charge in [0.05, 0.1) is 0 Å². The highest BCUT2D eigenvalue weighted by atomic mass is 16.5. The number of carbonyl (C=O) groups excluding carboxylic acids is 2. The summed E-state index contributed by atoms with van der Waals surface area (Å²) in [4.78, 5) is 21.4. The van der Waals surface area contributed by atoms with Crippen molar-refractivity contribution in [3.8, 4) is 0 Å². The predicted octanol–water partition coefficient (Wildman–Crippen LogP) is 3.89. The second kappa shape index (κ2) is 9.70. The average Bonchev–Trinajstić information content (AvgIpc) is 2.61. The van der Waals surface area contributed by atoms with E-state index in [-0.39, 0.29) is 0 Å². The zero-order valence-corrected chi connectivity index (χ0v) is 13.2. The summed E-state index contributed by atoms with van der Waals surface area (Å²) in [6.07, 6.45) is 5.48. The Bertz CT molecular complexity index is 579. The fourth-order valence-electron chi connectivity index (χ4n) is 2.50. The molecule has 0 amide bonds. The number of aldehydes is 2. The number of hydrogen-bond donors (Lipinski definition) is 0. The Kier molecular flexibility index (Phi) is 7.21. The van der Waals surface area contributed by atoms with Gasteiger partial charge in [-0.1, -0.05) is 36.4 Å². The lowest BCUT2D eigenvalue weighted by atomic mass is 10.1. The van der Waals surface area contributed by atoms with E-state index in [9.17, 15) is 9.59 Å². The predicted molar refractivity (Wildman–Crippen MR) is 91.1 cm³/mol. The third kappa shape index (κ3) is 6.17. The van der Waals surface area contributed by atoms with Crippen LogP contribution >= 0.6 is 0 Å². The van der Waals surface area contributed by atoms with Gasteiger partial charge in [0.1, 0.15) is 12.6 Å². The van der Waals surface area contributed by atoms with Crippen molar-refractivity contribution < 1.29 is 14.3 Å². The molecule has 2 aromatic rings. The standard InChI is InChI=1S/C20H22O3/c21-15-19-7-1-5-17(13-19)9-3-11-23-12-4-10-18-6-2-8-20(14-18)16-22/h1-2,5-8,13-16H,3-4,9-12H2. The van der Waals surface area contributed by atoms with Gasteiger partial charge in [-0.05, 0) is 48.9 Å². The van der Waals surface area contributed by atoms with Gasteiger partial charge in [-0.25, -0.2) is 0 Å². The smallest absolute Gasteiger partial charge is 0.150 e. The molecule has 0 N–H and O–H groups in total. The van der Waals surface area contributed by atoms with E-state index in [1.165, 1.54) is 11.1 Å². The quantitative estimate of drug-likeness (QED) is 0.494. The van der Waals surface area contributed by atoms with Crippen LogP contribution < -0.4 is 0 Å². The molecule has 2 rings (SSSR count). The molecule has 0 aliphatic rings. The molecule has 3 nitrogen and oxygen atoms in total. The third-order valence-electron chi connectivity index (χ3n) is 3.68. The van der Waals surface area contributed by atoms with Crippen LogP contribution in [0.5, 0.6) is 0 Å². The van der Waals surface area contributed by atoms with Crippen LogP contribution in [0.25, 0.3) is 0 Å². The molecule has 0 radical (unpaired) electrons. The van der Waals surface area contributed by atoms with E-state index < -0.39 is 0 Å². The van der Waals surface area contributed by atoms with Crippen molar-refractivity contribution in [2.24, 2.45) is 0 Å². The first-order chi connectivity index (χ1) is 11.3. The molecule has 120 valence electrons. The van der Waals surface area contributed by atoms with E-state index in [2.05, 4.69) is 0 Å². The fourth-order valence-corrected chi connectivity index (χ4v) is 2.50. The van der Waals surface area contributed by atoms with Gasteiger partial charge in [-0.15, -0.1) is 0 Å². The van der Waals surface area contributed by atoms with E-state index in [4.69, 9.17) is 4.74 Å². The molecule has 0 fully saturated rings. The lowest BCUT2D eigenvalue weighted by molar-refractivity contribution is 0.111. The molecule has 0 spiro atoms. The zero-order chi connectivity index (χ0) is 16.3. The van der Waals surface area contributed by atoms with E-state index in [0.29, 0.717) is 0 Å².